The van der Waals surface area contributed by atoms with Gasteiger partial charge in [-0.25, -0.2) is 0 Å². The number of carboxylic acids is 1. The summed E-state index contributed by atoms with van der Waals surface area (Å²) >= 11 is 7.06. The summed E-state index contributed by atoms with van der Waals surface area (Å²) in [6, 6.07) is 1.16. The highest BCUT2D eigenvalue weighted by Gasteiger charge is 2.18. The molecule has 0 radical (unpaired) electrons. The standard InChI is InChI=1S/C9H10ClNO3S/c1-5(12)11-7(3-9(13)14)8-2-6(10)4-15-8/h2,4,7H,3H2,1H3,(H,11,12)(H,13,14)/t7-/m1/s1. The summed E-state index contributed by atoms with van der Waals surface area (Å²) in [4.78, 5) is 22.2. The number of amides is 1. The van der Waals surface area contributed by atoms with Crippen LogP contribution in [0, 0.1) is 0 Å². The van der Waals surface area contributed by atoms with Gasteiger partial charge in [-0.2, -0.15) is 0 Å². The highest BCUT2D eigenvalue weighted by Crippen LogP contribution is 2.27. The molecular formula is C9H10ClNO3S. The van der Waals surface area contributed by atoms with Crippen LogP contribution in [-0.4, -0.2) is 17.0 Å². The van der Waals surface area contributed by atoms with Crippen LogP contribution in [0.15, 0.2) is 11.4 Å². The summed E-state index contributed by atoms with van der Waals surface area (Å²) in [6.45, 7) is 1.35. The number of halogens is 1. The maximum Gasteiger partial charge on any atom is 0.305 e. The minimum absolute atomic E-state index is 0.142. The number of nitrogens with one attached hydrogen (secondary N) is 1. The molecule has 0 bridgehead atoms. The topological polar surface area (TPSA) is 66.4 Å². The summed E-state index contributed by atoms with van der Waals surface area (Å²) in [5.74, 6) is -1.22. The molecule has 1 rings (SSSR count). The highest BCUT2D eigenvalue weighted by molar-refractivity contribution is 7.10. The summed E-state index contributed by atoms with van der Waals surface area (Å²) in [5, 5.41) is 13.5. The van der Waals surface area contributed by atoms with Gasteiger partial charge in [0.15, 0.2) is 0 Å². The lowest BCUT2D eigenvalue weighted by Crippen LogP contribution is -2.27. The SMILES string of the molecule is CC(=O)N[C@H](CC(=O)O)c1cc(Cl)cs1. The first-order valence-corrected chi connectivity index (χ1v) is 5.47. The zero-order chi connectivity index (χ0) is 11.4. The highest BCUT2D eigenvalue weighted by atomic mass is 35.5. The molecule has 6 heteroatoms. The van der Waals surface area contributed by atoms with Gasteiger partial charge in [-0.1, -0.05) is 11.6 Å². The third-order valence-corrected chi connectivity index (χ3v) is 3.08. The Labute approximate surface area is 95.9 Å². The van der Waals surface area contributed by atoms with E-state index in [2.05, 4.69) is 5.32 Å². The monoisotopic (exact) mass is 247 g/mol. The lowest BCUT2D eigenvalue weighted by atomic mass is 10.1. The number of carbonyl (C=O) groups is 2. The molecule has 1 atom stereocenters. The third kappa shape index (κ3) is 3.89. The van der Waals surface area contributed by atoms with Gasteiger partial charge in [0, 0.05) is 17.2 Å². The summed E-state index contributed by atoms with van der Waals surface area (Å²) in [6.07, 6.45) is -0.142. The molecule has 0 fully saturated rings. The van der Waals surface area contributed by atoms with Gasteiger partial charge in [-0.05, 0) is 6.07 Å². The average Bonchev–Trinajstić information content (AvgIpc) is 2.48. The lowest BCUT2D eigenvalue weighted by Gasteiger charge is -2.13. The number of carbonyl (C=O) groups excluding carboxylic acids is 1. The zero-order valence-corrected chi connectivity index (χ0v) is 9.56. The minimum atomic E-state index is -0.960. The van der Waals surface area contributed by atoms with E-state index < -0.39 is 12.0 Å². The van der Waals surface area contributed by atoms with Crippen LogP contribution >= 0.6 is 22.9 Å². The molecule has 2 N–H and O–H groups in total. The van der Waals surface area contributed by atoms with E-state index in [1.165, 1.54) is 18.3 Å². The van der Waals surface area contributed by atoms with Crippen LogP contribution in [0.1, 0.15) is 24.3 Å². The Morgan fingerprint density at radius 2 is 2.33 bits per heavy atom. The molecular weight excluding hydrogens is 238 g/mol. The van der Waals surface area contributed by atoms with E-state index >= 15 is 0 Å². The molecule has 0 aliphatic rings. The normalized spacial score (nSPS) is 12.1. The van der Waals surface area contributed by atoms with Crippen LogP contribution in [0.2, 0.25) is 5.02 Å². The van der Waals surface area contributed by atoms with Crippen molar-refractivity contribution in [3.05, 3.63) is 21.3 Å². The van der Waals surface area contributed by atoms with Crippen LogP contribution in [-0.2, 0) is 9.59 Å². The molecule has 0 saturated carbocycles. The van der Waals surface area contributed by atoms with Crippen LogP contribution in [0.5, 0.6) is 0 Å². The predicted molar refractivity (Wildman–Crippen MR) is 58.1 cm³/mol. The molecule has 82 valence electrons. The molecule has 4 nitrogen and oxygen atoms in total. The molecule has 0 spiro atoms. The molecule has 1 amide bonds. The Morgan fingerprint density at radius 3 is 2.73 bits per heavy atom. The summed E-state index contributed by atoms with van der Waals surface area (Å²) in [5.41, 5.74) is 0. The largest absolute Gasteiger partial charge is 0.481 e. The van der Waals surface area contributed by atoms with Crippen LogP contribution < -0.4 is 5.32 Å². The second-order valence-electron chi connectivity index (χ2n) is 3.02. The fourth-order valence-electron chi connectivity index (χ4n) is 1.15. The van der Waals surface area contributed by atoms with Crippen molar-refractivity contribution in [3.8, 4) is 0 Å². The van der Waals surface area contributed by atoms with E-state index in [9.17, 15) is 9.59 Å². The van der Waals surface area contributed by atoms with Crippen molar-refractivity contribution >= 4 is 34.8 Å². The quantitative estimate of drug-likeness (QED) is 0.856. The predicted octanol–water partition coefficient (Wildman–Crippen LogP) is 2.05. The first-order valence-electron chi connectivity index (χ1n) is 4.22. The Kier molecular flexibility index (Phi) is 4.11. The van der Waals surface area contributed by atoms with E-state index in [-0.39, 0.29) is 12.3 Å². The second-order valence-corrected chi connectivity index (χ2v) is 4.40. The molecule has 0 aliphatic carbocycles. The van der Waals surface area contributed by atoms with Crippen molar-refractivity contribution in [2.24, 2.45) is 0 Å². The molecule has 1 aromatic rings. The van der Waals surface area contributed by atoms with Crippen molar-refractivity contribution in [2.45, 2.75) is 19.4 Å². The fourth-order valence-corrected chi connectivity index (χ4v) is 2.29. The number of rotatable bonds is 4. The summed E-state index contributed by atoms with van der Waals surface area (Å²) in [7, 11) is 0. The molecule has 0 aromatic carbocycles. The maximum atomic E-state index is 10.9. The van der Waals surface area contributed by atoms with Crippen LogP contribution in [0.3, 0.4) is 0 Å². The molecule has 0 unspecified atom stereocenters. The number of carboxylic acid groups (broad SMARTS) is 1. The lowest BCUT2D eigenvalue weighted by molar-refractivity contribution is -0.137. The van der Waals surface area contributed by atoms with Gasteiger partial charge in [-0.15, -0.1) is 11.3 Å². The Morgan fingerprint density at radius 1 is 1.67 bits per heavy atom. The minimum Gasteiger partial charge on any atom is -0.481 e. The first-order chi connectivity index (χ1) is 6.99. The van der Waals surface area contributed by atoms with E-state index in [1.807, 2.05) is 0 Å². The van der Waals surface area contributed by atoms with E-state index in [1.54, 1.807) is 11.4 Å². The van der Waals surface area contributed by atoms with E-state index in [0.717, 1.165) is 4.88 Å². The van der Waals surface area contributed by atoms with Gasteiger partial charge in [0.1, 0.15) is 0 Å². The maximum absolute atomic E-state index is 10.9. The molecule has 1 aromatic heterocycles. The Balaban J connectivity index is 2.80. The molecule has 15 heavy (non-hydrogen) atoms. The fraction of sp³-hybridized carbons (Fsp3) is 0.333. The number of aliphatic carboxylic acids is 1. The van der Waals surface area contributed by atoms with Crippen molar-refractivity contribution < 1.29 is 14.7 Å². The van der Waals surface area contributed by atoms with Crippen molar-refractivity contribution in [3.63, 3.8) is 0 Å². The van der Waals surface area contributed by atoms with Gasteiger partial charge >= 0.3 is 5.97 Å². The van der Waals surface area contributed by atoms with Gasteiger partial charge < -0.3 is 10.4 Å². The van der Waals surface area contributed by atoms with Gasteiger partial charge in [0.2, 0.25) is 5.91 Å². The number of hydrogen-bond donors (Lipinski definition) is 2. The zero-order valence-electron chi connectivity index (χ0n) is 7.99. The van der Waals surface area contributed by atoms with Crippen molar-refractivity contribution in [2.75, 3.05) is 0 Å². The average molecular weight is 248 g/mol. The Bertz CT molecular complexity index is 361. The Hall–Kier alpha value is -1.07. The van der Waals surface area contributed by atoms with Crippen LogP contribution in [0.4, 0.5) is 0 Å². The molecule has 0 saturated heterocycles. The van der Waals surface area contributed by atoms with Gasteiger partial charge in [-0.3, -0.25) is 9.59 Å². The molecule has 0 aliphatic heterocycles. The molecule has 1 heterocycles. The van der Waals surface area contributed by atoms with Gasteiger partial charge in [0.25, 0.3) is 0 Å². The van der Waals surface area contributed by atoms with E-state index in [0.29, 0.717) is 5.02 Å². The smallest absolute Gasteiger partial charge is 0.305 e. The van der Waals surface area contributed by atoms with Crippen LogP contribution in [0.25, 0.3) is 0 Å². The summed E-state index contributed by atoms with van der Waals surface area (Å²) < 4.78 is 0. The van der Waals surface area contributed by atoms with Crippen molar-refractivity contribution in [1.29, 1.82) is 0 Å². The number of thiophene rings is 1. The second kappa shape index (κ2) is 5.14. The van der Waals surface area contributed by atoms with Gasteiger partial charge in [0.05, 0.1) is 17.5 Å². The van der Waals surface area contributed by atoms with Crippen molar-refractivity contribution in [1.82, 2.24) is 5.32 Å². The third-order valence-electron chi connectivity index (χ3n) is 1.69. The van der Waals surface area contributed by atoms with E-state index in [4.69, 9.17) is 16.7 Å². The number of hydrogen-bond acceptors (Lipinski definition) is 3. The first kappa shape index (κ1) is 12.0.